The summed E-state index contributed by atoms with van der Waals surface area (Å²) in [5.41, 5.74) is 1.27. The van der Waals surface area contributed by atoms with Gasteiger partial charge in [-0.15, -0.1) is 0 Å². The second-order valence-corrected chi connectivity index (χ2v) is 5.02. The molecule has 3 aromatic rings. The van der Waals surface area contributed by atoms with E-state index < -0.39 is 4.92 Å². The zero-order chi connectivity index (χ0) is 16.9. The molecule has 1 N–H and O–H groups in total. The SMILES string of the molecule is O=C(Cc1ccc([N+](=O)[O-])cc1)Nc1ccc(-n2ccnc2)nc1. The highest BCUT2D eigenvalue weighted by molar-refractivity contribution is 5.92. The van der Waals surface area contributed by atoms with Crippen LogP contribution in [0.1, 0.15) is 5.56 Å². The van der Waals surface area contributed by atoms with E-state index in [1.807, 2.05) is 0 Å². The lowest BCUT2D eigenvalue weighted by atomic mass is 10.1. The molecule has 8 heteroatoms. The molecule has 0 aliphatic rings. The molecule has 1 amide bonds. The van der Waals surface area contributed by atoms with Crippen LogP contribution >= 0.6 is 0 Å². The van der Waals surface area contributed by atoms with E-state index in [0.717, 1.165) is 0 Å². The average molecular weight is 323 g/mol. The van der Waals surface area contributed by atoms with E-state index >= 15 is 0 Å². The number of aromatic nitrogens is 3. The first-order valence-corrected chi connectivity index (χ1v) is 7.09. The number of benzene rings is 1. The van der Waals surface area contributed by atoms with Gasteiger partial charge in [-0.05, 0) is 17.7 Å². The number of anilines is 1. The number of amides is 1. The molecule has 0 saturated carbocycles. The smallest absolute Gasteiger partial charge is 0.269 e. The Morgan fingerprint density at radius 1 is 1.21 bits per heavy atom. The van der Waals surface area contributed by atoms with Crippen molar-refractivity contribution < 1.29 is 9.72 Å². The summed E-state index contributed by atoms with van der Waals surface area (Å²) in [5.74, 6) is 0.474. The number of hydrogen-bond acceptors (Lipinski definition) is 5. The standard InChI is InChI=1S/C16H13N5O3/c22-16(9-12-1-4-14(5-2-12)21(23)24)19-13-3-6-15(18-10-13)20-8-7-17-11-20/h1-8,10-11H,9H2,(H,19,22). The molecule has 0 aliphatic carbocycles. The Kier molecular flexibility index (Phi) is 4.28. The largest absolute Gasteiger partial charge is 0.324 e. The van der Waals surface area contributed by atoms with Gasteiger partial charge in [0.25, 0.3) is 5.69 Å². The summed E-state index contributed by atoms with van der Waals surface area (Å²) < 4.78 is 1.75. The molecule has 3 rings (SSSR count). The third kappa shape index (κ3) is 3.61. The Bertz CT molecular complexity index is 842. The van der Waals surface area contributed by atoms with Crippen molar-refractivity contribution in [3.63, 3.8) is 0 Å². The number of rotatable bonds is 5. The number of carbonyl (C=O) groups is 1. The highest BCUT2D eigenvalue weighted by Crippen LogP contribution is 2.14. The van der Waals surface area contributed by atoms with Crippen LogP contribution in [0.3, 0.4) is 0 Å². The number of nitrogens with zero attached hydrogens (tertiary/aromatic N) is 4. The van der Waals surface area contributed by atoms with Gasteiger partial charge in [0.1, 0.15) is 12.1 Å². The minimum absolute atomic E-state index is 0.00144. The van der Waals surface area contributed by atoms with Crippen LogP contribution in [0.4, 0.5) is 11.4 Å². The molecule has 1 aromatic carbocycles. The lowest BCUT2D eigenvalue weighted by molar-refractivity contribution is -0.384. The molecule has 120 valence electrons. The van der Waals surface area contributed by atoms with Gasteiger partial charge < -0.3 is 5.32 Å². The van der Waals surface area contributed by atoms with E-state index in [-0.39, 0.29) is 18.0 Å². The van der Waals surface area contributed by atoms with Crippen LogP contribution in [0, 0.1) is 10.1 Å². The summed E-state index contributed by atoms with van der Waals surface area (Å²) in [6.45, 7) is 0. The lowest BCUT2D eigenvalue weighted by Gasteiger charge is -2.06. The van der Waals surface area contributed by atoms with Gasteiger partial charge in [-0.2, -0.15) is 0 Å². The van der Waals surface area contributed by atoms with Crippen LogP contribution in [0.5, 0.6) is 0 Å². The van der Waals surface area contributed by atoms with Gasteiger partial charge in [0, 0.05) is 24.5 Å². The summed E-state index contributed by atoms with van der Waals surface area (Å²) in [6, 6.07) is 9.41. The van der Waals surface area contributed by atoms with Crippen molar-refractivity contribution in [3.05, 3.63) is 77.0 Å². The van der Waals surface area contributed by atoms with Crippen LogP contribution in [-0.2, 0) is 11.2 Å². The average Bonchev–Trinajstić information content (AvgIpc) is 3.10. The Morgan fingerprint density at radius 3 is 2.58 bits per heavy atom. The van der Waals surface area contributed by atoms with E-state index in [9.17, 15) is 14.9 Å². The van der Waals surface area contributed by atoms with Crippen molar-refractivity contribution in [3.8, 4) is 5.82 Å². The molecular weight excluding hydrogens is 310 g/mol. The van der Waals surface area contributed by atoms with Gasteiger partial charge in [0.15, 0.2) is 0 Å². The topological polar surface area (TPSA) is 103 Å². The fraction of sp³-hybridized carbons (Fsp3) is 0.0625. The Morgan fingerprint density at radius 2 is 2.00 bits per heavy atom. The lowest BCUT2D eigenvalue weighted by Crippen LogP contribution is -2.14. The number of nitro groups is 1. The van der Waals surface area contributed by atoms with E-state index in [0.29, 0.717) is 17.1 Å². The third-order valence-corrected chi connectivity index (χ3v) is 3.31. The van der Waals surface area contributed by atoms with E-state index in [4.69, 9.17) is 0 Å². The number of hydrogen-bond donors (Lipinski definition) is 1. The van der Waals surface area contributed by atoms with Gasteiger partial charge in [0.2, 0.25) is 5.91 Å². The molecular formula is C16H13N5O3. The van der Waals surface area contributed by atoms with E-state index in [1.165, 1.54) is 12.1 Å². The van der Waals surface area contributed by atoms with Crippen molar-refractivity contribution in [2.75, 3.05) is 5.32 Å². The van der Waals surface area contributed by atoms with Gasteiger partial charge in [-0.25, -0.2) is 9.97 Å². The Hall–Kier alpha value is -3.55. The Labute approximate surface area is 136 Å². The van der Waals surface area contributed by atoms with Crippen LogP contribution in [0.25, 0.3) is 5.82 Å². The van der Waals surface area contributed by atoms with E-state index in [2.05, 4.69) is 15.3 Å². The predicted octanol–water partition coefficient (Wildman–Crippen LogP) is 2.36. The first kappa shape index (κ1) is 15.3. The number of nitro benzene ring substituents is 1. The van der Waals surface area contributed by atoms with Crippen LogP contribution in [0.2, 0.25) is 0 Å². The zero-order valence-electron chi connectivity index (χ0n) is 12.5. The van der Waals surface area contributed by atoms with Gasteiger partial charge in [-0.1, -0.05) is 12.1 Å². The number of carbonyl (C=O) groups excluding carboxylic acids is 1. The number of nitrogens with one attached hydrogen (secondary N) is 1. The number of non-ortho nitro benzene ring substituents is 1. The minimum atomic E-state index is -0.475. The molecule has 2 aromatic heterocycles. The zero-order valence-corrected chi connectivity index (χ0v) is 12.5. The normalized spacial score (nSPS) is 10.3. The van der Waals surface area contributed by atoms with Crippen LogP contribution < -0.4 is 5.32 Å². The first-order valence-electron chi connectivity index (χ1n) is 7.09. The van der Waals surface area contributed by atoms with Crippen LogP contribution in [-0.4, -0.2) is 25.4 Å². The van der Waals surface area contributed by atoms with Crippen molar-refractivity contribution in [2.24, 2.45) is 0 Å². The van der Waals surface area contributed by atoms with Crippen molar-refractivity contribution in [1.29, 1.82) is 0 Å². The minimum Gasteiger partial charge on any atom is -0.324 e. The van der Waals surface area contributed by atoms with Crippen molar-refractivity contribution in [2.45, 2.75) is 6.42 Å². The summed E-state index contributed by atoms with van der Waals surface area (Å²) >= 11 is 0. The highest BCUT2D eigenvalue weighted by atomic mass is 16.6. The molecule has 0 saturated heterocycles. The number of pyridine rings is 1. The molecule has 0 unspecified atom stereocenters. The van der Waals surface area contributed by atoms with Crippen molar-refractivity contribution in [1.82, 2.24) is 14.5 Å². The monoisotopic (exact) mass is 323 g/mol. The molecule has 24 heavy (non-hydrogen) atoms. The molecule has 8 nitrogen and oxygen atoms in total. The van der Waals surface area contributed by atoms with Gasteiger partial charge in [-0.3, -0.25) is 19.5 Å². The quantitative estimate of drug-likeness (QED) is 0.573. The summed E-state index contributed by atoms with van der Waals surface area (Å²) in [4.78, 5) is 30.3. The maximum absolute atomic E-state index is 12.0. The second-order valence-electron chi connectivity index (χ2n) is 5.02. The molecule has 2 heterocycles. The molecule has 0 fully saturated rings. The fourth-order valence-electron chi connectivity index (χ4n) is 2.13. The van der Waals surface area contributed by atoms with Gasteiger partial charge >= 0.3 is 0 Å². The van der Waals surface area contributed by atoms with E-state index in [1.54, 1.807) is 53.8 Å². The fourth-order valence-corrected chi connectivity index (χ4v) is 2.13. The summed E-state index contributed by atoms with van der Waals surface area (Å²) in [5, 5.41) is 13.3. The molecule has 0 atom stereocenters. The maximum atomic E-state index is 12.0. The molecule has 0 bridgehead atoms. The Balaban J connectivity index is 1.61. The first-order chi connectivity index (χ1) is 11.6. The highest BCUT2D eigenvalue weighted by Gasteiger charge is 2.08. The van der Waals surface area contributed by atoms with Crippen molar-refractivity contribution >= 4 is 17.3 Å². The molecule has 0 aliphatic heterocycles. The summed E-state index contributed by atoms with van der Waals surface area (Å²) in [6.07, 6.45) is 6.75. The second kappa shape index (κ2) is 6.69. The predicted molar refractivity (Wildman–Crippen MR) is 86.8 cm³/mol. The molecule has 0 spiro atoms. The van der Waals surface area contributed by atoms with Crippen LogP contribution in [0.15, 0.2) is 61.3 Å². The molecule has 0 radical (unpaired) electrons. The number of imidazole rings is 1. The third-order valence-electron chi connectivity index (χ3n) is 3.31. The van der Waals surface area contributed by atoms with Gasteiger partial charge in [0.05, 0.1) is 23.2 Å². The summed E-state index contributed by atoms with van der Waals surface area (Å²) in [7, 11) is 0. The maximum Gasteiger partial charge on any atom is 0.269 e.